The van der Waals surface area contributed by atoms with Gasteiger partial charge in [-0.15, -0.1) is 0 Å². The quantitative estimate of drug-likeness (QED) is 0.657. The van der Waals surface area contributed by atoms with Gasteiger partial charge in [-0.05, 0) is 31.4 Å². The van der Waals surface area contributed by atoms with Crippen LogP contribution in [0.2, 0.25) is 0 Å². The fourth-order valence-electron chi connectivity index (χ4n) is 4.74. The molecule has 2 aliphatic rings. The number of carbonyl (C=O) groups excluding carboxylic acids is 1. The fraction of sp³-hybridized carbons (Fsp3) is 0.478. The number of hydrogen-bond acceptors (Lipinski definition) is 6. The van der Waals surface area contributed by atoms with E-state index in [0.717, 1.165) is 55.0 Å². The second-order valence-corrected chi connectivity index (χ2v) is 8.57. The predicted octanol–water partition coefficient (Wildman–Crippen LogP) is 2.17. The molecule has 1 amide bonds. The van der Waals surface area contributed by atoms with Crippen LogP contribution in [0.1, 0.15) is 36.0 Å². The zero-order valence-electron chi connectivity index (χ0n) is 17.8. The highest BCUT2D eigenvalue weighted by atomic mass is 16.5. The van der Waals surface area contributed by atoms with E-state index in [9.17, 15) is 4.79 Å². The van der Waals surface area contributed by atoms with E-state index in [1.54, 1.807) is 0 Å². The Hall–Kier alpha value is -2.84. The number of ether oxygens (including phenoxy) is 1. The molecule has 0 aliphatic carbocycles. The first-order valence-corrected chi connectivity index (χ1v) is 11.0. The Bertz CT molecular complexity index is 1060. The van der Waals surface area contributed by atoms with E-state index in [-0.39, 0.29) is 23.8 Å². The van der Waals surface area contributed by atoms with Gasteiger partial charge in [0.1, 0.15) is 5.82 Å². The third kappa shape index (κ3) is 4.31. The number of nitrogens with one attached hydrogen (secondary N) is 2. The lowest BCUT2D eigenvalue weighted by atomic mass is 9.97. The van der Waals surface area contributed by atoms with Crippen LogP contribution in [0.4, 0.5) is 0 Å². The lowest BCUT2D eigenvalue weighted by molar-refractivity contribution is -0.128. The number of aromatic amines is 1. The van der Waals surface area contributed by atoms with Crippen LogP contribution in [0.25, 0.3) is 10.9 Å². The van der Waals surface area contributed by atoms with Crippen molar-refractivity contribution in [3.05, 3.63) is 53.7 Å². The molecule has 1 aromatic carbocycles. The predicted molar refractivity (Wildman–Crippen MR) is 116 cm³/mol. The Morgan fingerprint density at radius 3 is 2.87 bits per heavy atom. The van der Waals surface area contributed by atoms with Crippen LogP contribution in [-0.4, -0.2) is 63.3 Å². The second kappa shape index (κ2) is 8.72. The van der Waals surface area contributed by atoms with Crippen molar-refractivity contribution in [3.8, 4) is 0 Å². The molecule has 2 aliphatic heterocycles. The maximum Gasteiger partial charge on any atom is 0.223 e. The van der Waals surface area contributed by atoms with Gasteiger partial charge < -0.3 is 10.1 Å². The van der Waals surface area contributed by atoms with Crippen LogP contribution < -0.4 is 5.32 Å². The monoisotopic (exact) mass is 420 g/mol. The molecule has 2 fully saturated rings. The van der Waals surface area contributed by atoms with E-state index in [4.69, 9.17) is 4.74 Å². The number of nitrogens with zero attached hydrogens (tertiary/aromatic N) is 4. The molecule has 0 unspecified atom stereocenters. The van der Waals surface area contributed by atoms with Gasteiger partial charge in [0.05, 0.1) is 17.5 Å². The maximum atomic E-state index is 12.9. The van der Waals surface area contributed by atoms with Gasteiger partial charge in [-0.3, -0.25) is 19.8 Å². The van der Waals surface area contributed by atoms with Gasteiger partial charge in [0.2, 0.25) is 5.91 Å². The molecule has 162 valence electrons. The van der Waals surface area contributed by atoms with E-state index in [1.165, 1.54) is 5.56 Å². The summed E-state index contributed by atoms with van der Waals surface area (Å²) in [4.78, 5) is 24.5. The van der Waals surface area contributed by atoms with Gasteiger partial charge in [0.15, 0.2) is 5.82 Å². The van der Waals surface area contributed by atoms with Gasteiger partial charge >= 0.3 is 0 Å². The molecule has 31 heavy (non-hydrogen) atoms. The van der Waals surface area contributed by atoms with Crippen LogP contribution in [0, 0.1) is 12.8 Å². The summed E-state index contributed by atoms with van der Waals surface area (Å²) in [6, 6.07) is 10.3. The Labute approximate surface area is 181 Å². The first-order chi connectivity index (χ1) is 15.2. The lowest BCUT2D eigenvalue weighted by Crippen LogP contribution is -2.44. The van der Waals surface area contributed by atoms with Crippen molar-refractivity contribution < 1.29 is 9.53 Å². The van der Waals surface area contributed by atoms with Crippen molar-refractivity contribution in [3.63, 3.8) is 0 Å². The van der Waals surface area contributed by atoms with Crippen LogP contribution in [0.3, 0.4) is 0 Å². The Morgan fingerprint density at radius 2 is 2.06 bits per heavy atom. The molecular weight excluding hydrogens is 392 g/mol. The van der Waals surface area contributed by atoms with Crippen molar-refractivity contribution in [1.82, 2.24) is 30.4 Å². The summed E-state index contributed by atoms with van der Waals surface area (Å²) < 4.78 is 5.41. The molecule has 2 N–H and O–H groups in total. The number of rotatable bonds is 5. The highest BCUT2D eigenvalue weighted by molar-refractivity contribution is 5.81. The topological polar surface area (TPSA) is 96.0 Å². The molecule has 0 saturated carbocycles. The van der Waals surface area contributed by atoms with Crippen LogP contribution in [0.5, 0.6) is 0 Å². The van der Waals surface area contributed by atoms with Gasteiger partial charge in [-0.1, -0.05) is 24.3 Å². The standard InChI is InChI=1S/C23H28N6O2/c1-15-25-22(28-27-15)19-13-29(12-18-5-2-4-16-6-3-9-24-21(16)18)14-20(19)26-23(30)17-7-10-31-11-8-17/h2-6,9,17,19-20H,7-8,10-14H2,1H3,(H,26,30)(H,25,27,28)/t19-,20-/m1/s1. The van der Waals surface area contributed by atoms with E-state index < -0.39 is 0 Å². The van der Waals surface area contributed by atoms with E-state index in [1.807, 2.05) is 19.2 Å². The minimum absolute atomic E-state index is 0.0199. The molecule has 2 atom stereocenters. The summed E-state index contributed by atoms with van der Waals surface area (Å²) in [5.74, 6) is 1.77. The average Bonchev–Trinajstić information content (AvgIpc) is 3.40. The van der Waals surface area contributed by atoms with Crippen LogP contribution in [-0.2, 0) is 16.1 Å². The van der Waals surface area contributed by atoms with Gasteiger partial charge in [0, 0.05) is 50.3 Å². The molecule has 0 radical (unpaired) electrons. The van der Waals surface area contributed by atoms with E-state index in [0.29, 0.717) is 13.2 Å². The summed E-state index contributed by atoms with van der Waals surface area (Å²) in [7, 11) is 0. The van der Waals surface area contributed by atoms with Crippen LogP contribution in [0.15, 0.2) is 36.5 Å². The first-order valence-electron chi connectivity index (χ1n) is 11.0. The van der Waals surface area contributed by atoms with Crippen molar-refractivity contribution >= 4 is 16.8 Å². The Kier molecular flexibility index (Phi) is 5.65. The SMILES string of the molecule is Cc1nc([C@@H]2CN(Cc3cccc4cccnc34)C[C@H]2NC(=O)C2CCOCC2)n[nH]1. The summed E-state index contributed by atoms with van der Waals surface area (Å²) >= 11 is 0. The van der Waals surface area contributed by atoms with Gasteiger partial charge in [-0.25, -0.2) is 4.98 Å². The number of fused-ring (bicyclic) bond motifs is 1. The van der Waals surface area contributed by atoms with E-state index in [2.05, 4.69) is 54.6 Å². The minimum atomic E-state index is -0.0199. The summed E-state index contributed by atoms with van der Waals surface area (Å²) in [6.45, 7) is 5.55. The molecule has 2 saturated heterocycles. The average molecular weight is 421 g/mol. The highest BCUT2D eigenvalue weighted by Gasteiger charge is 2.38. The van der Waals surface area contributed by atoms with Gasteiger partial charge in [0.25, 0.3) is 0 Å². The number of pyridine rings is 1. The largest absolute Gasteiger partial charge is 0.381 e. The summed E-state index contributed by atoms with van der Waals surface area (Å²) in [6.07, 6.45) is 3.41. The molecule has 5 rings (SSSR count). The molecule has 0 bridgehead atoms. The first kappa shape index (κ1) is 20.1. The molecule has 0 spiro atoms. The normalized spacial score (nSPS) is 22.7. The second-order valence-electron chi connectivity index (χ2n) is 8.57. The number of benzene rings is 1. The molecule has 8 nitrogen and oxygen atoms in total. The molecule has 8 heteroatoms. The number of aromatic nitrogens is 4. The van der Waals surface area contributed by atoms with Crippen molar-refractivity contribution in [2.75, 3.05) is 26.3 Å². The fourth-order valence-corrected chi connectivity index (χ4v) is 4.74. The molecule has 4 heterocycles. The highest BCUT2D eigenvalue weighted by Crippen LogP contribution is 2.29. The number of amides is 1. The number of hydrogen-bond donors (Lipinski definition) is 2. The van der Waals surface area contributed by atoms with Crippen molar-refractivity contribution in [2.45, 2.75) is 38.3 Å². The van der Waals surface area contributed by atoms with E-state index >= 15 is 0 Å². The van der Waals surface area contributed by atoms with Crippen LogP contribution >= 0.6 is 0 Å². The summed E-state index contributed by atoms with van der Waals surface area (Å²) in [5.41, 5.74) is 2.23. The number of H-pyrrole nitrogens is 1. The minimum Gasteiger partial charge on any atom is -0.381 e. The summed E-state index contributed by atoms with van der Waals surface area (Å²) in [5, 5.41) is 11.8. The Balaban J connectivity index is 1.35. The molecular formula is C23H28N6O2. The number of aryl methyl sites for hydroxylation is 1. The van der Waals surface area contributed by atoms with Crippen molar-refractivity contribution in [2.24, 2.45) is 5.92 Å². The lowest BCUT2D eigenvalue weighted by Gasteiger charge is -2.25. The number of likely N-dealkylation sites (tertiary alicyclic amines) is 1. The number of carbonyl (C=O) groups is 1. The number of para-hydroxylation sites is 1. The zero-order valence-corrected chi connectivity index (χ0v) is 17.8. The zero-order chi connectivity index (χ0) is 21.2. The third-order valence-electron chi connectivity index (χ3n) is 6.37. The third-order valence-corrected chi connectivity index (χ3v) is 6.37. The Morgan fingerprint density at radius 1 is 1.23 bits per heavy atom. The maximum absolute atomic E-state index is 12.9. The molecule has 2 aromatic heterocycles. The smallest absolute Gasteiger partial charge is 0.223 e. The molecule has 3 aromatic rings. The van der Waals surface area contributed by atoms with Gasteiger partial charge in [-0.2, -0.15) is 5.10 Å². The van der Waals surface area contributed by atoms with Crippen molar-refractivity contribution in [1.29, 1.82) is 0 Å².